The van der Waals surface area contributed by atoms with Gasteiger partial charge in [-0.3, -0.25) is 10.3 Å². The largest absolute Gasteiger partial charge is 0.444 e. The molecule has 6 heteroatoms. The number of carbonyl (C=O) groups is 1. The van der Waals surface area contributed by atoms with Crippen molar-refractivity contribution < 1.29 is 9.53 Å². The van der Waals surface area contributed by atoms with Crippen LogP contribution >= 0.6 is 0 Å². The highest BCUT2D eigenvalue weighted by atomic mass is 16.5. The smallest absolute Gasteiger partial charge is 0.411 e. The zero-order valence-electron chi connectivity index (χ0n) is 12.9. The van der Waals surface area contributed by atoms with E-state index >= 15 is 0 Å². The van der Waals surface area contributed by atoms with Crippen molar-refractivity contribution in [3.8, 4) is 0 Å². The first-order valence-corrected chi connectivity index (χ1v) is 7.47. The van der Waals surface area contributed by atoms with Crippen LogP contribution in [-0.4, -0.2) is 21.3 Å². The Morgan fingerprint density at radius 3 is 2.29 bits per heavy atom. The molecule has 0 fully saturated rings. The van der Waals surface area contributed by atoms with Crippen molar-refractivity contribution in [3.05, 3.63) is 83.9 Å². The van der Waals surface area contributed by atoms with Gasteiger partial charge in [-0.1, -0.05) is 12.1 Å². The number of rotatable bonds is 5. The summed E-state index contributed by atoms with van der Waals surface area (Å²) in [5.74, 6) is 0. The van der Waals surface area contributed by atoms with E-state index in [0.717, 1.165) is 17.5 Å². The van der Waals surface area contributed by atoms with Gasteiger partial charge >= 0.3 is 6.09 Å². The molecule has 0 bridgehead atoms. The van der Waals surface area contributed by atoms with Gasteiger partial charge in [-0.05, 0) is 47.9 Å². The van der Waals surface area contributed by atoms with Gasteiger partial charge < -0.3 is 4.74 Å². The second-order valence-corrected chi connectivity index (χ2v) is 5.18. The normalized spacial score (nSPS) is 10.2. The first-order chi connectivity index (χ1) is 11.8. The summed E-state index contributed by atoms with van der Waals surface area (Å²) in [4.78, 5) is 15.8. The highest BCUT2D eigenvalue weighted by Gasteiger charge is 2.04. The summed E-state index contributed by atoms with van der Waals surface area (Å²) in [6, 6.07) is 13.4. The third-order valence-electron chi connectivity index (χ3n) is 3.37. The SMILES string of the molecule is O=C(Nc1ccc(Cc2ccncc2)cc1)OCc1ccnnc1. The third kappa shape index (κ3) is 4.61. The van der Waals surface area contributed by atoms with E-state index in [1.807, 2.05) is 36.4 Å². The van der Waals surface area contributed by atoms with Crippen molar-refractivity contribution in [2.24, 2.45) is 0 Å². The molecule has 6 nitrogen and oxygen atoms in total. The van der Waals surface area contributed by atoms with E-state index in [4.69, 9.17) is 4.74 Å². The minimum absolute atomic E-state index is 0.154. The summed E-state index contributed by atoms with van der Waals surface area (Å²) < 4.78 is 5.13. The van der Waals surface area contributed by atoms with Crippen LogP contribution in [0.3, 0.4) is 0 Å². The lowest BCUT2D eigenvalue weighted by atomic mass is 10.1. The van der Waals surface area contributed by atoms with Crippen LogP contribution in [0.2, 0.25) is 0 Å². The Bertz CT molecular complexity index is 777. The summed E-state index contributed by atoms with van der Waals surface area (Å²) in [5.41, 5.74) is 3.82. The van der Waals surface area contributed by atoms with Gasteiger partial charge in [0.15, 0.2) is 0 Å². The number of hydrogen-bond donors (Lipinski definition) is 1. The van der Waals surface area contributed by atoms with E-state index < -0.39 is 6.09 Å². The second-order valence-electron chi connectivity index (χ2n) is 5.18. The number of carbonyl (C=O) groups excluding carboxylic acids is 1. The predicted molar refractivity (Wildman–Crippen MR) is 89.3 cm³/mol. The van der Waals surface area contributed by atoms with E-state index in [0.29, 0.717) is 5.69 Å². The van der Waals surface area contributed by atoms with E-state index in [2.05, 4.69) is 20.5 Å². The number of nitrogens with zero attached hydrogens (tertiary/aromatic N) is 3. The third-order valence-corrected chi connectivity index (χ3v) is 3.37. The maximum absolute atomic E-state index is 11.8. The lowest BCUT2D eigenvalue weighted by Crippen LogP contribution is -2.13. The topological polar surface area (TPSA) is 77.0 Å². The number of amides is 1. The molecule has 120 valence electrons. The van der Waals surface area contributed by atoms with Crippen molar-refractivity contribution in [1.82, 2.24) is 15.2 Å². The molecule has 0 saturated heterocycles. The molecule has 1 N–H and O–H groups in total. The van der Waals surface area contributed by atoms with Crippen molar-refractivity contribution in [2.75, 3.05) is 5.32 Å². The van der Waals surface area contributed by atoms with Crippen LogP contribution in [0, 0.1) is 0 Å². The fourth-order valence-electron chi connectivity index (χ4n) is 2.15. The summed E-state index contributed by atoms with van der Waals surface area (Å²) in [7, 11) is 0. The van der Waals surface area contributed by atoms with Crippen LogP contribution in [0.1, 0.15) is 16.7 Å². The molecule has 1 amide bonds. The second kappa shape index (κ2) is 7.82. The molecule has 0 unspecified atom stereocenters. The maximum atomic E-state index is 11.8. The number of nitrogens with one attached hydrogen (secondary N) is 1. The molecule has 0 aliphatic carbocycles. The number of benzene rings is 1. The molecular formula is C18H16N4O2. The molecule has 24 heavy (non-hydrogen) atoms. The summed E-state index contributed by atoms with van der Waals surface area (Å²) in [6.07, 6.45) is 6.98. The van der Waals surface area contributed by atoms with E-state index in [9.17, 15) is 4.79 Å². The molecule has 0 aliphatic heterocycles. The fourth-order valence-corrected chi connectivity index (χ4v) is 2.15. The van der Waals surface area contributed by atoms with Gasteiger partial charge in [-0.25, -0.2) is 4.79 Å². The van der Waals surface area contributed by atoms with Gasteiger partial charge in [0.05, 0.1) is 6.20 Å². The van der Waals surface area contributed by atoms with Crippen molar-refractivity contribution in [3.63, 3.8) is 0 Å². The number of ether oxygens (including phenoxy) is 1. The Morgan fingerprint density at radius 1 is 0.875 bits per heavy atom. The van der Waals surface area contributed by atoms with Crippen LogP contribution in [0.25, 0.3) is 0 Å². The number of hydrogen-bond acceptors (Lipinski definition) is 5. The summed E-state index contributed by atoms with van der Waals surface area (Å²) >= 11 is 0. The molecule has 2 aromatic heterocycles. The fraction of sp³-hybridized carbons (Fsp3) is 0.111. The molecule has 1 aromatic carbocycles. The van der Waals surface area contributed by atoms with Gasteiger partial charge in [0.2, 0.25) is 0 Å². The Morgan fingerprint density at radius 2 is 1.58 bits per heavy atom. The van der Waals surface area contributed by atoms with Crippen LogP contribution in [0.5, 0.6) is 0 Å². The van der Waals surface area contributed by atoms with Crippen molar-refractivity contribution in [1.29, 1.82) is 0 Å². The predicted octanol–water partition coefficient (Wildman–Crippen LogP) is 3.21. The molecule has 0 saturated carbocycles. The van der Waals surface area contributed by atoms with Gasteiger partial charge in [-0.2, -0.15) is 10.2 Å². The Kier molecular flexibility index (Phi) is 5.09. The molecule has 0 aliphatic rings. The van der Waals surface area contributed by atoms with Crippen molar-refractivity contribution in [2.45, 2.75) is 13.0 Å². The molecule has 3 aromatic rings. The minimum Gasteiger partial charge on any atom is -0.444 e. The number of anilines is 1. The van der Waals surface area contributed by atoms with Gasteiger partial charge in [0.1, 0.15) is 6.61 Å². The highest BCUT2D eigenvalue weighted by molar-refractivity contribution is 5.84. The molecule has 2 heterocycles. The van der Waals surface area contributed by atoms with Gasteiger partial charge in [-0.15, -0.1) is 0 Å². The minimum atomic E-state index is -0.506. The average Bonchev–Trinajstić information content (AvgIpc) is 2.63. The zero-order chi connectivity index (χ0) is 16.6. The zero-order valence-corrected chi connectivity index (χ0v) is 12.9. The van der Waals surface area contributed by atoms with E-state index in [1.165, 1.54) is 5.56 Å². The van der Waals surface area contributed by atoms with Crippen LogP contribution in [0.15, 0.2) is 67.3 Å². The van der Waals surface area contributed by atoms with Gasteiger partial charge in [0, 0.05) is 29.8 Å². The first-order valence-electron chi connectivity index (χ1n) is 7.47. The van der Waals surface area contributed by atoms with Crippen LogP contribution < -0.4 is 5.32 Å². The Labute approximate surface area is 139 Å². The maximum Gasteiger partial charge on any atom is 0.411 e. The highest BCUT2D eigenvalue weighted by Crippen LogP contribution is 2.13. The Balaban J connectivity index is 1.51. The van der Waals surface area contributed by atoms with E-state index in [1.54, 1.807) is 30.9 Å². The molecular weight excluding hydrogens is 304 g/mol. The summed E-state index contributed by atoms with van der Waals surface area (Å²) in [5, 5.41) is 10.1. The monoisotopic (exact) mass is 320 g/mol. The van der Waals surface area contributed by atoms with Crippen molar-refractivity contribution >= 4 is 11.8 Å². The van der Waals surface area contributed by atoms with Crippen LogP contribution in [0.4, 0.5) is 10.5 Å². The Hall–Kier alpha value is -3.28. The first kappa shape index (κ1) is 15.6. The lowest BCUT2D eigenvalue weighted by molar-refractivity contribution is 0.155. The lowest BCUT2D eigenvalue weighted by Gasteiger charge is -2.08. The molecule has 3 rings (SSSR count). The molecule has 0 radical (unpaired) electrons. The standard InChI is InChI=1S/C18H16N4O2/c23-18(24-13-16-7-10-20-21-12-16)22-17-3-1-14(2-4-17)11-15-5-8-19-9-6-15/h1-10,12H,11,13H2,(H,22,23). The molecule has 0 spiro atoms. The summed E-state index contributed by atoms with van der Waals surface area (Å²) in [6.45, 7) is 0.154. The van der Waals surface area contributed by atoms with Gasteiger partial charge in [0.25, 0.3) is 0 Å². The molecule has 0 atom stereocenters. The number of pyridine rings is 1. The number of aromatic nitrogens is 3. The van der Waals surface area contributed by atoms with E-state index in [-0.39, 0.29) is 6.61 Å². The quantitative estimate of drug-likeness (QED) is 0.781. The van der Waals surface area contributed by atoms with Crippen LogP contribution in [-0.2, 0) is 17.8 Å². The average molecular weight is 320 g/mol.